The standard InChI is InChI=1S/C42H25BN2O2/c1-2-12-26(13-3-1)44-36-20-10-6-16-30(36)31-24-33-39(25-37(31)44)47-41-23-27(22-40-42(41)43(33)32-17-7-11-21-38(32)46-40)45-34-18-8-4-14-28(34)29-15-5-9-19-35(29)45/h1-25H. The van der Waals surface area contributed by atoms with Crippen LogP contribution in [-0.2, 0) is 0 Å². The molecule has 0 radical (unpaired) electrons. The number of aromatic nitrogens is 2. The maximum Gasteiger partial charge on any atom is 0.260 e. The van der Waals surface area contributed by atoms with Crippen LogP contribution in [0, 0.1) is 0 Å². The lowest BCUT2D eigenvalue weighted by molar-refractivity contribution is 0.464. The fraction of sp³-hybridized carbons (Fsp3) is 0. The number of benzene rings is 7. The third-order valence-electron chi connectivity index (χ3n) is 10.0. The lowest BCUT2D eigenvalue weighted by Crippen LogP contribution is -2.57. The lowest BCUT2D eigenvalue weighted by Gasteiger charge is -2.33. The first kappa shape index (κ1) is 25.0. The van der Waals surface area contributed by atoms with E-state index in [1.165, 1.54) is 27.1 Å². The second-order valence-electron chi connectivity index (χ2n) is 12.5. The minimum Gasteiger partial charge on any atom is -0.458 e. The van der Waals surface area contributed by atoms with Gasteiger partial charge in [-0.2, -0.15) is 0 Å². The molecule has 4 nitrogen and oxygen atoms in total. The highest BCUT2D eigenvalue weighted by Crippen LogP contribution is 2.41. The van der Waals surface area contributed by atoms with Crippen molar-refractivity contribution in [2.24, 2.45) is 0 Å². The van der Waals surface area contributed by atoms with Gasteiger partial charge in [0.15, 0.2) is 0 Å². The molecule has 2 aromatic heterocycles. The number of hydrogen-bond donors (Lipinski definition) is 0. The maximum atomic E-state index is 6.99. The highest BCUT2D eigenvalue weighted by molar-refractivity contribution is 6.98. The molecule has 0 atom stereocenters. The van der Waals surface area contributed by atoms with Gasteiger partial charge >= 0.3 is 0 Å². The summed E-state index contributed by atoms with van der Waals surface area (Å²) in [5, 5.41) is 4.88. The Labute approximate surface area is 270 Å². The number of ether oxygens (including phenoxy) is 2. The molecule has 9 aromatic rings. The van der Waals surface area contributed by atoms with Gasteiger partial charge < -0.3 is 18.6 Å². The molecule has 0 saturated heterocycles. The van der Waals surface area contributed by atoms with E-state index in [1.807, 2.05) is 0 Å². The van der Waals surface area contributed by atoms with Gasteiger partial charge in [0, 0.05) is 50.9 Å². The Morgan fingerprint density at radius 1 is 0.362 bits per heavy atom. The first-order valence-corrected chi connectivity index (χ1v) is 16.1. The molecule has 0 amide bonds. The molecule has 2 aliphatic heterocycles. The average Bonchev–Trinajstić information content (AvgIpc) is 3.63. The fourth-order valence-corrected chi connectivity index (χ4v) is 8.08. The van der Waals surface area contributed by atoms with Gasteiger partial charge in [-0.3, -0.25) is 0 Å². The minimum atomic E-state index is -0.0239. The molecule has 0 spiro atoms. The van der Waals surface area contributed by atoms with Gasteiger partial charge in [-0.25, -0.2) is 0 Å². The van der Waals surface area contributed by atoms with Crippen molar-refractivity contribution in [3.63, 3.8) is 0 Å². The fourth-order valence-electron chi connectivity index (χ4n) is 8.08. The summed E-state index contributed by atoms with van der Waals surface area (Å²) in [5.74, 6) is 3.42. The zero-order chi connectivity index (χ0) is 30.6. The highest BCUT2D eigenvalue weighted by Gasteiger charge is 2.41. The van der Waals surface area contributed by atoms with E-state index in [4.69, 9.17) is 9.47 Å². The predicted molar refractivity (Wildman–Crippen MR) is 193 cm³/mol. The van der Waals surface area contributed by atoms with Gasteiger partial charge in [-0.1, -0.05) is 97.1 Å². The maximum absolute atomic E-state index is 6.99. The molecular weight excluding hydrogens is 575 g/mol. The zero-order valence-electron chi connectivity index (χ0n) is 25.2. The van der Waals surface area contributed by atoms with Crippen LogP contribution in [0.25, 0.3) is 55.0 Å². The van der Waals surface area contributed by atoms with Crippen molar-refractivity contribution in [2.45, 2.75) is 0 Å². The quantitative estimate of drug-likeness (QED) is 0.186. The third-order valence-corrected chi connectivity index (χ3v) is 10.0. The van der Waals surface area contributed by atoms with E-state index in [0.717, 1.165) is 67.3 Å². The van der Waals surface area contributed by atoms with Crippen LogP contribution < -0.4 is 25.9 Å². The minimum absolute atomic E-state index is 0.0239. The van der Waals surface area contributed by atoms with Crippen molar-refractivity contribution in [3.05, 3.63) is 152 Å². The van der Waals surface area contributed by atoms with Gasteiger partial charge in [-0.15, -0.1) is 0 Å². The lowest BCUT2D eigenvalue weighted by atomic mass is 9.35. The average molecular weight is 600 g/mol. The molecule has 2 aliphatic rings. The highest BCUT2D eigenvalue weighted by atomic mass is 16.5. The predicted octanol–water partition coefficient (Wildman–Crippen LogP) is 8.61. The molecular formula is C42H25BN2O2. The van der Waals surface area contributed by atoms with Crippen LogP contribution in [0.1, 0.15) is 0 Å². The van der Waals surface area contributed by atoms with Crippen LogP contribution in [-0.4, -0.2) is 15.8 Å². The molecule has 0 bridgehead atoms. The summed E-state index contributed by atoms with van der Waals surface area (Å²) in [4.78, 5) is 0. The van der Waals surface area contributed by atoms with E-state index in [2.05, 4.69) is 161 Å². The molecule has 11 rings (SSSR count). The molecule has 0 fully saturated rings. The topological polar surface area (TPSA) is 28.3 Å². The van der Waals surface area contributed by atoms with Gasteiger partial charge in [0.25, 0.3) is 6.71 Å². The van der Waals surface area contributed by atoms with Crippen LogP contribution in [0.15, 0.2) is 152 Å². The first-order valence-electron chi connectivity index (χ1n) is 16.1. The van der Waals surface area contributed by atoms with E-state index in [0.29, 0.717) is 0 Å². The second kappa shape index (κ2) is 9.18. The Balaban J connectivity index is 1.21. The second-order valence-corrected chi connectivity index (χ2v) is 12.5. The zero-order valence-corrected chi connectivity index (χ0v) is 25.2. The van der Waals surface area contributed by atoms with Gasteiger partial charge in [-0.05, 0) is 47.3 Å². The molecule has 0 saturated carbocycles. The summed E-state index contributed by atoms with van der Waals surface area (Å²) in [6, 6.07) is 53.9. The normalized spacial score (nSPS) is 13.0. The summed E-state index contributed by atoms with van der Waals surface area (Å²) >= 11 is 0. The van der Waals surface area contributed by atoms with Crippen molar-refractivity contribution in [1.82, 2.24) is 9.13 Å². The number of para-hydroxylation sites is 5. The molecule has 4 heterocycles. The number of nitrogens with zero attached hydrogens (tertiary/aromatic N) is 2. The van der Waals surface area contributed by atoms with Crippen molar-refractivity contribution in [3.8, 4) is 34.4 Å². The Morgan fingerprint density at radius 2 is 0.894 bits per heavy atom. The van der Waals surface area contributed by atoms with Crippen LogP contribution in [0.5, 0.6) is 23.0 Å². The molecule has 47 heavy (non-hydrogen) atoms. The number of hydrogen-bond acceptors (Lipinski definition) is 2. The Hall–Kier alpha value is -6.20. The van der Waals surface area contributed by atoms with Crippen LogP contribution in [0.3, 0.4) is 0 Å². The number of fused-ring (bicyclic) bond motifs is 10. The Morgan fingerprint density at radius 3 is 1.57 bits per heavy atom. The summed E-state index contributed by atoms with van der Waals surface area (Å²) < 4.78 is 18.4. The van der Waals surface area contributed by atoms with Crippen LogP contribution in [0.4, 0.5) is 0 Å². The molecule has 218 valence electrons. The van der Waals surface area contributed by atoms with Crippen LogP contribution >= 0.6 is 0 Å². The summed E-state index contributed by atoms with van der Waals surface area (Å²) in [6.45, 7) is -0.0239. The van der Waals surface area contributed by atoms with Crippen molar-refractivity contribution in [2.75, 3.05) is 0 Å². The summed E-state index contributed by atoms with van der Waals surface area (Å²) in [7, 11) is 0. The molecule has 7 aromatic carbocycles. The van der Waals surface area contributed by atoms with E-state index in [9.17, 15) is 0 Å². The van der Waals surface area contributed by atoms with Crippen LogP contribution in [0.2, 0.25) is 0 Å². The Kier molecular flexibility index (Phi) is 4.89. The van der Waals surface area contributed by atoms with Gasteiger partial charge in [0.1, 0.15) is 23.0 Å². The molecule has 0 unspecified atom stereocenters. The molecule has 0 aliphatic carbocycles. The first-order chi connectivity index (χ1) is 23.3. The smallest absolute Gasteiger partial charge is 0.260 e. The summed E-state index contributed by atoms with van der Waals surface area (Å²) in [6.07, 6.45) is 0. The SMILES string of the molecule is c1ccc(-n2c3ccccc3c3cc4c(cc32)Oc2cc(-n3c5ccccc5c5ccccc53)cc3c2B4c2ccccc2O3)cc1. The molecule has 5 heteroatoms. The van der Waals surface area contributed by atoms with Crippen molar-refractivity contribution < 1.29 is 9.47 Å². The summed E-state index contributed by atoms with van der Waals surface area (Å²) in [5.41, 5.74) is 10.1. The van der Waals surface area contributed by atoms with E-state index in [-0.39, 0.29) is 6.71 Å². The van der Waals surface area contributed by atoms with E-state index >= 15 is 0 Å². The van der Waals surface area contributed by atoms with E-state index in [1.54, 1.807) is 0 Å². The van der Waals surface area contributed by atoms with Crippen molar-refractivity contribution >= 4 is 66.7 Å². The Bertz CT molecular complexity index is 2710. The molecule has 0 N–H and O–H groups in total. The van der Waals surface area contributed by atoms with Gasteiger partial charge in [0.2, 0.25) is 0 Å². The van der Waals surface area contributed by atoms with E-state index < -0.39 is 0 Å². The largest absolute Gasteiger partial charge is 0.458 e. The van der Waals surface area contributed by atoms with Crippen molar-refractivity contribution in [1.29, 1.82) is 0 Å². The third kappa shape index (κ3) is 3.38. The van der Waals surface area contributed by atoms with Gasteiger partial charge in [0.05, 0.1) is 27.8 Å². The monoisotopic (exact) mass is 600 g/mol. The number of rotatable bonds is 2.